The van der Waals surface area contributed by atoms with Gasteiger partial charge in [-0.25, -0.2) is 0 Å². The van der Waals surface area contributed by atoms with E-state index in [0.717, 1.165) is 31.5 Å². The minimum atomic E-state index is 0.0864. The average molecular weight is 224 g/mol. The molecule has 1 saturated heterocycles. The van der Waals surface area contributed by atoms with Gasteiger partial charge in [-0.3, -0.25) is 4.79 Å². The highest BCUT2D eigenvalue weighted by Gasteiger charge is 2.10. The summed E-state index contributed by atoms with van der Waals surface area (Å²) in [5.41, 5.74) is 0.837. The Morgan fingerprint density at radius 2 is 2.06 bits per heavy atom. The molecule has 0 saturated carbocycles. The summed E-state index contributed by atoms with van der Waals surface area (Å²) in [5, 5.41) is 2.96. The van der Waals surface area contributed by atoms with Crippen LogP contribution in [0.4, 0.5) is 0 Å². The van der Waals surface area contributed by atoms with E-state index in [1.165, 1.54) is 25.9 Å². The van der Waals surface area contributed by atoms with Crippen LogP contribution in [-0.2, 0) is 4.79 Å². The van der Waals surface area contributed by atoms with Gasteiger partial charge in [0.25, 0.3) is 0 Å². The van der Waals surface area contributed by atoms with Crippen molar-refractivity contribution in [2.45, 2.75) is 39.5 Å². The maximum Gasteiger partial charge on any atom is 0.246 e. The summed E-state index contributed by atoms with van der Waals surface area (Å²) in [4.78, 5) is 14.0. The first-order valence-corrected chi connectivity index (χ1v) is 6.41. The minimum absolute atomic E-state index is 0.0864. The van der Waals surface area contributed by atoms with Crippen molar-refractivity contribution in [2.24, 2.45) is 0 Å². The van der Waals surface area contributed by atoms with Gasteiger partial charge in [0.1, 0.15) is 0 Å². The second-order valence-corrected chi connectivity index (χ2v) is 4.45. The van der Waals surface area contributed by atoms with Crippen LogP contribution in [0.5, 0.6) is 0 Å². The Morgan fingerprint density at radius 1 is 1.38 bits per heavy atom. The van der Waals surface area contributed by atoms with Gasteiger partial charge in [-0.2, -0.15) is 0 Å². The number of carbonyl (C=O) groups is 1. The van der Waals surface area contributed by atoms with Gasteiger partial charge in [0.05, 0.1) is 0 Å². The molecular weight excluding hydrogens is 200 g/mol. The van der Waals surface area contributed by atoms with Gasteiger partial charge in [-0.1, -0.05) is 13.0 Å². The van der Waals surface area contributed by atoms with Gasteiger partial charge in [-0.05, 0) is 52.2 Å². The third kappa shape index (κ3) is 4.79. The van der Waals surface area contributed by atoms with Gasteiger partial charge < -0.3 is 10.2 Å². The number of allylic oxidation sites excluding steroid dienone is 1. The molecule has 0 aromatic heterocycles. The normalized spacial score (nSPS) is 17.8. The number of carbonyl (C=O) groups excluding carboxylic acids is 1. The van der Waals surface area contributed by atoms with Crippen LogP contribution in [0.2, 0.25) is 0 Å². The standard InChI is InChI=1S/C13H24N2O/c1-3-7-12(2)13(16)14-8-6-11-15-9-4-5-10-15/h7H,3-6,8-11H2,1-2H3,(H,14,16). The first-order chi connectivity index (χ1) is 7.74. The lowest BCUT2D eigenvalue weighted by molar-refractivity contribution is -0.117. The summed E-state index contributed by atoms with van der Waals surface area (Å²) in [6, 6.07) is 0. The van der Waals surface area contributed by atoms with Crippen LogP contribution in [0, 0.1) is 0 Å². The Balaban J connectivity index is 2.06. The van der Waals surface area contributed by atoms with E-state index in [4.69, 9.17) is 0 Å². The molecule has 0 radical (unpaired) electrons. The molecule has 92 valence electrons. The van der Waals surface area contributed by atoms with E-state index >= 15 is 0 Å². The Kier molecular flexibility index (Phi) is 6.16. The molecule has 0 unspecified atom stereocenters. The van der Waals surface area contributed by atoms with E-state index in [1.807, 2.05) is 19.9 Å². The van der Waals surface area contributed by atoms with E-state index in [2.05, 4.69) is 10.2 Å². The predicted octanol–water partition coefficient (Wildman–Crippen LogP) is 1.94. The van der Waals surface area contributed by atoms with Gasteiger partial charge >= 0.3 is 0 Å². The number of amides is 1. The Hall–Kier alpha value is -0.830. The average Bonchev–Trinajstić information content (AvgIpc) is 2.77. The highest BCUT2D eigenvalue weighted by atomic mass is 16.1. The summed E-state index contributed by atoms with van der Waals surface area (Å²) >= 11 is 0. The van der Waals surface area contributed by atoms with Gasteiger partial charge in [-0.15, -0.1) is 0 Å². The first kappa shape index (κ1) is 13.2. The molecule has 1 aliphatic heterocycles. The summed E-state index contributed by atoms with van der Waals surface area (Å²) in [6.07, 6.45) is 6.63. The predicted molar refractivity (Wildman–Crippen MR) is 67.3 cm³/mol. The summed E-state index contributed by atoms with van der Waals surface area (Å²) < 4.78 is 0. The van der Waals surface area contributed by atoms with Crippen LogP contribution in [0.15, 0.2) is 11.6 Å². The fourth-order valence-corrected chi connectivity index (χ4v) is 2.05. The molecule has 0 aliphatic carbocycles. The van der Waals surface area contributed by atoms with Crippen molar-refractivity contribution < 1.29 is 4.79 Å². The second-order valence-electron chi connectivity index (χ2n) is 4.45. The first-order valence-electron chi connectivity index (χ1n) is 6.41. The SMILES string of the molecule is CCC=C(C)C(=O)NCCCN1CCCC1. The van der Waals surface area contributed by atoms with E-state index in [9.17, 15) is 4.79 Å². The van der Waals surface area contributed by atoms with Crippen LogP contribution >= 0.6 is 0 Å². The topological polar surface area (TPSA) is 32.3 Å². The number of rotatable bonds is 6. The zero-order chi connectivity index (χ0) is 11.8. The van der Waals surface area contributed by atoms with Crippen LogP contribution in [0.3, 0.4) is 0 Å². The van der Waals surface area contributed by atoms with Crippen LogP contribution < -0.4 is 5.32 Å². The van der Waals surface area contributed by atoms with Crippen molar-refractivity contribution in [3.63, 3.8) is 0 Å². The van der Waals surface area contributed by atoms with E-state index < -0.39 is 0 Å². The summed E-state index contributed by atoms with van der Waals surface area (Å²) in [6.45, 7) is 8.32. The smallest absolute Gasteiger partial charge is 0.246 e. The van der Waals surface area contributed by atoms with Gasteiger partial charge in [0, 0.05) is 12.1 Å². The van der Waals surface area contributed by atoms with E-state index in [-0.39, 0.29) is 5.91 Å². The number of nitrogens with one attached hydrogen (secondary N) is 1. The third-order valence-corrected chi connectivity index (χ3v) is 3.00. The van der Waals surface area contributed by atoms with Crippen LogP contribution in [0.25, 0.3) is 0 Å². The zero-order valence-corrected chi connectivity index (χ0v) is 10.6. The molecule has 16 heavy (non-hydrogen) atoms. The number of hydrogen-bond donors (Lipinski definition) is 1. The number of nitrogens with zero attached hydrogens (tertiary/aromatic N) is 1. The largest absolute Gasteiger partial charge is 0.352 e. The molecule has 3 nitrogen and oxygen atoms in total. The fraction of sp³-hybridized carbons (Fsp3) is 0.769. The van der Waals surface area contributed by atoms with Crippen molar-refractivity contribution in [3.05, 3.63) is 11.6 Å². The summed E-state index contributed by atoms with van der Waals surface area (Å²) in [7, 11) is 0. The maximum absolute atomic E-state index is 11.5. The third-order valence-electron chi connectivity index (χ3n) is 3.00. The lowest BCUT2D eigenvalue weighted by atomic mass is 10.2. The number of likely N-dealkylation sites (tertiary alicyclic amines) is 1. The quantitative estimate of drug-likeness (QED) is 0.552. The molecule has 0 atom stereocenters. The molecule has 0 aromatic rings. The Morgan fingerprint density at radius 3 is 2.69 bits per heavy atom. The van der Waals surface area contributed by atoms with Gasteiger partial charge in [0.15, 0.2) is 0 Å². The maximum atomic E-state index is 11.5. The van der Waals surface area contributed by atoms with Crippen LogP contribution in [-0.4, -0.2) is 37.0 Å². The van der Waals surface area contributed by atoms with Crippen molar-refractivity contribution >= 4 is 5.91 Å². The van der Waals surface area contributed by atoms with Gasteiger partial charge in [0.2, 0.25) is 5.91 Å². The van der Waals surface area contributed by atoms with E-state index in [0.29, 0.717) is 0 Å². The molecule has 0 bridgehead atoms. The molecular formula is C13H24N2O. The number of hydrogen-bond acceptors (Lipinski definition) is 2. The van der Waals surface area contributed by atoms with E-state index in [1.54, 1.807) is 0 Å². The lowest BCUT2D eigenvalue weighted by Crippen LogP contribution is -2.29. The molecule has 1 N–H and O–H groups in total. The Labute approximate surface area is 98.9 Å². The molecule has 1 heterocycles. The fourth-order valence-electron chi connectivity index (χ4n) is 2.05. The van der Waals surface area contributed by atoms with Crippen molar-refractivity contribution in [1.29, 1.82) is 0 Å². The molecule has 1 amide bonds. The molecule has 1 aliphatic rings. The molecule has 0 aromatic carbocycles. The lowest BCUT2D eigenvalue weighted by Gasteiger charge is -2.14. The molecule has 1 fully saturated rings. The van der Waals surface area contributed by atoms with Crippen molar-refractivity contribution in [3.8, 4) is 0 Å². The minimum Gasteiger partial charge on any atom is -0.352 e. The van der Waals surface area contributed by atoms with Crippen molar-refractivity contribution in [1.82, 2.24) is 10.2 Å². The molecule has 3 heteroatoms. The zero-order valence-electron chi connectivity index (χ0n) is 10.6. The molecule has 0 spiro atoms. The second kappa shape index (κ2) is 7.44. The molecule has 1 rings (SSSR count). The monoisotopic (exact) mass is 224 g/mol. The summed E-state index contributed by atoms with van der Waals surface area (Å²) in [5.74, 6) is 0.0864. The Bertz CT molecular complexity index is 242. The van der Waals surface area contributed by atoms with Crippen LogP contribution in [0.1, 0.15) is 39.5 Å². The van der Waals surface area contributed by atoms with Crippen molar-refractivity contribution in [2.75, 3.05) is 26.2 Å². The highest BCUT2D eigenvalue weighted by molar-refractivity contribution is 5.92. The highest BCUT2D eigenvalue weighted by Crippen LogP contribution is 2.06.